The molecule has 0 bridgehead atoms. The van der Waals surface area contributed by atoms with E-state index >= 15 is 0 Å². The monoisotopic (exact) mass is 276 g/mol. The van der Waals surface area contributed by atoms with Crippen molar-refractivity contribution in [1.29, 1.82) is 0 Å². The molecule has 1 aliphatic heterocycles. The molecule has 2 N–H and O–H groups in total. The van der Waals surface area contributed by atoms with Gasteiger partial charge in [-0.25, -0.2) is 0 Å². The first-order chi connectivity index (χ1) is 9.69. The van der Waals surface area contributed by atoms with Gasteiger partial charge >= 0.3 is 0 Å². The van der Waals surface area contributed by atoms with E-state index in [0.717, 1.165) is 43.6 Å². The van der Waals surface area contributed by atoms with Gasteiger partial charge in [0, 0.05) is 18.2 Å². The first-order valence-corrected chi connectivity index (χ1v) is 7.40. The van der Waals surface area contributed by atoms with Crippen molar-refractivity contribution in [2.24, 2.45) is 0 Å². The predicted molar refractivity (Wildman–Crippen MR) is 80.7 cm³/mol. The van der Waals surface area contributed by atoms with Crippen molar-refractivity contribution in [2.75, 3.05) is 25.0 Å². The first-order valence-electron chi connectivity index (χ1n) is 7.40. The third-order valence-electron chi connectivity index (χ3n) is 3.86. The van der Waals surface area contributed by atoms with Crippen molar-refractivity contribution in [3.63, 3.8) is 0 Å². The van der Waals surface area contributed by atoms with Crippen molar-refractivity contribution in [3.05, 3.63) is 29.8 Å². The molecule has 0 saturated carbocycles. The number of aliphatic hydroxyl groups excluding tert-OH is 1. The number of hydrogen-bond donors (Lipinski definition) is 2. The van der Waals surface area contributed by atoms with Crippen LogP contribution in [0.5, 0.6) is 0 Å². The molecule has 0 radical (unpaired) electrons. The van der Waals surface area contributed by atoms with Crippen LogP contribution in [0.4, 0.5) is 5.69 Å². The molecule has 1 saturated heterocycles. The van der Waals surface area contributed by atoms with E-state index in [1.807, 2.05) is 31.2 Å². The van der Waals surface area contributed by atoms with Crippen molar-refractivity contribution >= 4 is 11.6 Å². The summed E-state index contributed by atoms with van der Waals surface area (Å²) < 4.78 is 0. The number of likely N-dealkylation sites (tertiary alicyclic amines) is 1. The van der Waals surface area contributed by atoms with E-state index in [0.29, 0.717) is 12.5 Å². The fraction of sp³-hybridized carbons (Fsp3) is 0.562. The lowest BCUT2D eigenvalue weighted by molar-refractivity contribution is -0.116. The second-order valence-electron chi connectivity index (χ2n) is 5.54. The third kappa shape index (κ3) is 4.32. The Morgan fingerprint density at radius 2 is 2.35 bits per heavy atom. The quantitative estimate of drug-likeness (QED) is 0.837. The largest absolute Gasteiger partial charge is 0.395 e. The molecule has 110 valence electrons. The van der Waals surface area contributed by atoms with Gasteiger partial charge in [-0.3, -0.25) is 9.69 Å². The van der Waals surface area contributed by atoms with Gasteiger partial charge in [0.1, 0.15) is 0 Å². The number of carbonyl (C=O) groups is 1. The normalized spacial score (nSPS) is 19.2. The summed E-state index contributed by atoms with van der Waals surface area (Å²) in [5.74, 6) is 0.0651. The standard InChI is InChI=1S/C16H24N2O2/c1-13-5-2-6-14(11-13)17-16(20)8-4-10-18-9-3-7-15(18)12-19/h2,5-6,11,15,19H,3-4,7-10,12H2,1H3,(H,17,20). The summed E-state index contributed by atoms with van der Waals surface area (Å²) in [6.07, 6.45) is 3.60. The van der Waals surface area contributed by atoms with Gasteiger partial charge in [0.25, 0.3) is 0 Å². The smallest absolute Gasteiger partial charge is 0.224 e. The lowest BCUT2D eigenvalue weighted by atomic mass is 10.2. The molecule has 1 aromatic carbocycles. The number of carbonyl (C=O) groups excluding carboxylic acids is 1. The van der Waals surface area contributed by atoms with Gasteiger partial charge in [0.15, 0.2) is 0 Å². The van der Waals surface area contributed by atoms with Crippen LogP contribution in [-0.2, 0) is 4.79 Å². The summed E-state index contributed by atoms with van der Waals surface area (Å²) >= 11 is 0. The Morgan fingerprint density at radius 1 is 1.50 bits per heavy atom. The highest BCUT2D eigenvalue weighted by Gasteiger charge is 2.22. The molecule has 1 amide bonds. The minimum absolute atomic E-state index is 0.0651. The molecule has 1 fully saturated rings. The molecule has 1 heterocycles. The Balaban J connectivity index is 1.70. The van der Waals surface area contributed by atoms with Gasteiger partial charge in [0.2, 0.25) is 5.91 Å². The van der Waals surface area contributed by atoms with Gasteiger partial charge in [-0.1, -0.05) is 12.1 Å². The van der Waals surface area contributed by atoms with Gasteiger partial charge < -0.3 is 10.4 Å². The highest BCUT2D eigenvalue weighted by molar-refractivity contribution is 5.90. The van der Waals surface area contributed by atoms with Gasteiger partial charge in [0.05, 0.1) is 6.61 Å². The zero-order chi connectivity index (χ0) is 14.4. The first kappa shape index (κ1) is 15.0. The molecule has 0 aliphatic carbocycles. The molecular weight excluding hydrogens is 252 g/mol. The molecule has 1 aromatic rings. The van der Waals surface area contributed by atoms with Crippen LogP contribution in [0.3, 0.4) is 0 Å². The summed E-state index contributed by atoms with van der Waals surface area (Å²) in [5, 5.41) is 12.2. The number of benzene rings is 1. The molecule has 20 heavy (non-hydrogen) atoms. The van der Waals surface area contributed by atoms with Gasteiger partial charge in [-0.05, 0) is 57.0 Å². The molecule has 1 unspecified atom stereocenters. The average molecular weight is 276 g/mol. The molecule has 1 aliphatic rings. The number of aryl methyl sites for hydroxylation is 1. The van der Waals surface area contributed by atoms with E-state index in [2.05, 4.69) is 10.2 Å². The second kappa shape index (κ2) is 7.41. The summed E-state index contributed by atoms with van der Waals surface area (Å²) in [7, 11) is 0. The van der Waals surface area contributed by atoms with E-state index in [1.54, 1.807) is 0 Å². The van der Waals surface area contributed by atoms with Crippen molar-refractivity contribution < 1.29 is 9.90 Å². The van der Waals surface area contributed by atoms with Crippen molar-refractivity contribution in [1.82, 2.24) is 4.90 Å². The summed E-state index contributed by atoms with van der Waals surface area (Å²) in [6.45, 7) is 4.19. The number of nitrogens with zero attached hydrogens (tertiary/aromatic N) is 1. The molecule has 1 atom stereocenters. The zero-order valence-corrected chi connectivity index (χ0v) is 12.1. The van der Waals surface area contributed by atoms with Crippen molar-refractivity contribution in [3.8, 4) is 0 Å². The van der Waals surface area contributed by atoms with Crippen LogP contribution in [-0.4, -0.2) is 41.7 Å². The molecule has 0 aromatic heterocycles. The SMILES string of the molecule is Cc1cccc(NC(=O)CCCN2CCCC2CO)c1. The van der Waals surface area contributed by atoms with Crippen LogP contribution in [0.15, 0.2) is 24.3 Å². The second-order valence-corrected chi connectivity index (χ2v) is 5.54. The number of rotatable bonds is 6. The van der Waals surface area contributed by atoms with Crippen LogP contribution < -0.4 is 5.32 Å². The fourth-order valence-corrected chi connectivity index (χ4v) is 2.79. The Kier molecular flexibility index (Phi) is 5.56. The Hall–Kier alpha value is -1.39. The van der Waals surface area contributed by atoms with Crippen molar-refractivity contribution in [2.45, 2.75) is 38.6 Å². The highest BCUT2D eigenvalue weighted by atomic mass is 16.3. The van der Waals surface area contributed by atoms with Gasteiger partial charge in [-0.2, -0.15) is 0 Å². The Bertz CT molecular complexity index is 448. The Morgan fingerprint density at radius 3 is 3.10 bits per heavy atom. The van der Waals surface area contributed by atoms with Crippen LogP contribution in [0.25, 0.3) is 0 Å². The minimum atomic E-state index is 0.0651. The Labute approximate surface area is 120 Å². The number of anilines is 1. The number of nitrogens with one attached hydrogen (secondary N) is 1. The maximum Gasteiger partial charge on any atom is 0.224 e. The minimum Gasteiger partial charge on any atom is -0.395 e. The van der Waals surface area contributed by atoms with E-state index in [-0.39, 0.29) is 12.5 Å². The lowest BCUT2D eigenvalue weighted by Gasteiger charge is -2.22. The highest BCUT2D eigenvalue weighted by Crippen LogP contribution is 2.17. The number of amides is 1. The lowest BCUT2D eigenvalue weighted by Crippen LogP contribution is -2.33. The van der Waals surface area contributed by atoms with E-state index in [4.69, 9.17) is 0 Å². The topological polar surface area (TPSA) is 52.6 Å². The molecule has 2 rings (SSSR count). The maximum atomic E-state index is 11.9. The van der Waals surface area contributed by atoms with E-state index < -0.39 is 0 Å². The molecule has 0 spiro atoms. The van der Waals surface area contributed by atoms with Crippen LogP contribution in [0.2, 0.25) is 0 Å². The zero-order valence-electron chi connectivity index (χ0n) is 12.1. The number of aliphatic hydroxyl groups is 1. The van der Waals surface area contributed by atoms with Crippen LogP contribution in [0.1, 0.15) is 31.2 Å². The summed E-state index contributed by atoms with van der Waals surface area (Å²) in [5.41, 5.74) is 2.01. The maximum absolute atomic E-state index is 11.9. The van der Waals surface area contributed by atoms with Crippen LogP contribution in [0, 0.1) is 6.92 Å². The van der Waals surface area contributed by atoms with Crippen LogP contribution >= 0.6 is 0 Å². The number of hydrogen-bond acceptors (Lipinski definition) is 3. The van der Waals surface area contributed by atoms with E-state index in [1.165, 1.54) is 0 Å². The summed E-state index contributed by atoms with van der Waals surface area (Å²) in [6, 6.07) is 8.14. The summed E-state index contributed by atoms with van der Waals surface area (Å²) in [4.78, 5) is 14.2. The third-order valence-corrected chi connectivity index (χ3v) is 3.86. The molecule has 4 nitrogen and oxygen atoms in total. The molecule has 4 heteroatoms. The molecular formula is C16H24N2O2. The average Bonchev–Trinajstić information content (AvgIpc) is 2.86. The van der Waals surface area contributed by atoms with Gasteiger partial charge in [-0.15, -0.1) is 0 Å². The predicted octanol–water partition coefficient (Wildman–Crippen LogP) is 2.17. The fourth-order valence-electron chi connectivity index (χ4n) is 2.79. The van der Waals surface area contributed by atoms with E-state index in [9.17, 15) is 9.90 Å².